The van der Waals surface area contributed by atoms with Crippen molar-refractivity contribution in [2.24, 2.45) is 11.8 Å². The zero-order valence-corrected chi connectivity index (χ0v) is 25.0. The summed E-state index contributed by atoms with van der Waals surface area (Å²) in [6.07, 6.45) is 5.78. The lowest BCUT2D eigenvalue weighted by Gasteiger charge is -2.36. The molecule has 38 heavy (non-hydrogen) atoms. The summed E-state index contributed by atoms with van der Waals surface area (Å²) in [4.78, 5) is 58.0. The SMILES string of the molecule is C/C(=C\[C@H](C(C)C)N(C)C(=O)[C@@H](NC(=O)C1CCCCN1C)C(C)C)C(=O)N1CCC[C@H]1C(=O)OC(C)C. The number of amides is 3. The third-order valence-electron chi connectivity index (χ3n) is 7.68. The molecule has 2 fully saturated rings. The van der Waals surface area contributed by atoms with Crippen LogP contribution in [0.4, 0.5) is 0 Å². The second-order valence-corrected chi connectivity index (χ2v) is 11.9. The molecule has 0 aromatic heterocycles. The first-order valence-electron chi connectivity index (χ1n) is 14.2. The average molecular weight is 535 g/mol. The number of nitrogens with zero attached hydrogens (tertiary/aromatic N) is 3. The Balaban J connectivity index is 2.19. The Hall–Kier alpha value is -2.42. The molecule has 216 valence electrons. The van der Waals surface area contributed by atoms with E-state index in [4.69, 9.17) is 4.74 Å². The molecule has 1 unspecified atom stereocenters. The Bertz CT molecular complexity index is 884. The second-order valence-electron chi connectivity index (χ2n) is 11.9. The molecule has 2 aliphatic heterocycles. The van der Waals surface area contributed by atoms with E-state index < -0.39 is 12.1 Å². The van der Waals surface area contributed by atoms with Crippen molar-refractivity contribution >= 4 is 23.7 Å². The molecule has 2 heterocycles. The van der Waals surface area contributed by atoms with Gasteiger partial charge in [-0.05, 0) is 71.9 Å². The maximum atomic E-state index is 13.7. The molecule has 9 heteroatoms. The van der Waals surface area contributed by atoms with Crippen LogP contribution in [0.1, 0.15) is 80.6 Å². The summed E-state index contributed by atoms with van der Waals surface area (Å²) in [5.74, 6) is -0.940. The van der Waals surface area contributed by atoms with Gasteiger partial charge in [-0.3, -0.25) is 19.3 Å². The number of carbonyl (C=O) groups is 4. The first-order chi connectivity index (χ1) is 17.8. The van der Waals surface area contributed by atoms with Crippen LogP contribution in [0.2, 0.25) is 0 Å². The van der Waals surface area contributed by atoms with Crippen molar-refractivity contribution in [3.8, 4) is 0 Å². The Morgan fingerprint density at radius 3 is 2.11 bits per heavy atom. The number of carbonyl (C=O) groups excluding carboxylic acids is 4. The molecule has 0 radical (unpaired) electrons. The zero-order valence-electron chi connectivity index (χ0n) is 25.0. The normalized spacial score (nSPS) is 22.5. The second kappa shape index (κ2) is 14.1. The van der Waals surface area contributed by atoms with Gasteiger partial charge in [0.05, 0.1) is 18.2 Å². The average Bonchev–Trinajstić information content (AvgIpc) is 3.34. The van der Waals surface area contributed by atoms with E-state index in [9.17, 15) is 19.2 Å². The van der Waals surface area contributed by atoms with Crippen molar-refractivity contribution in [2.45, 2.75) is 111 Å². The number of nitrogens with one attached hydrogen (secondary N) is 1. The summed E-state index contributed by atoms with van der Waals surface area (Å²) in [7, 11) is 3.68. The topological polar surface area (TPSA) is 99.3 Å². The Morgan fingerprint density at radius 2 is 1.55 bits per heavy atom. The van der Waals surface area contributed by atoms with Gasteiger partial charge in [0, 0.05) is 19.2 Å². The number of likely N-dealkylation sites (N-methyl/N-ethyl adjacent to an activating group) is 2. The molecule has 0 spiro atoms. The molecule has 2 saturated heterocycles. The first kappa shape index (κ1) is 31.8. The summed E-state index contributed by atoms with van der Waals surface area (Å²) >= 11 is 0. The molecular weight excluding hydrogens is 484 g/mol. The van der Waals surface area contributed by atoms with Crippen LogP contribution in [0.5, 0.6) is 0 Å². The lowest BCUT2D eigenvalue weighted by atomic mass is 9.96. The monoisotopic (exact) mass is 534 g/mol. The van der Waals surface area contributed by atoms with Crippen LogP contribution in [-0.2, 0) is 23.9 Å². The first-order valence-corrected chi connectivity index (χ1v) is 14.2. The zero-order chi connectivity index (χ0) is 28.7. The predicted octanol–water partition coefficient (Wildman–Crippen LogP) is 2.98. The molecule has 4 atom stereocenters. The number of rotatable bonds is 10. The molecule has 2 aliphatic rings. The van der Waals surface area contributed by atoms with Gasteiger partial charge in [-0.15, -0.1) is 0 Å². The molecule has 0 bridgehead atoms. The van der Waals surface area contributed by atoms with E-state index in [-0.39, 0.29) is 53.7 Å². The van der Waals surface area contributed by atoms with E-state index in [1.807, 2.05) is 40.8 Å². The van der Waals surface area contributed by atoms with Gasteiger partial charge in [-0.2, -0.15) is 0 Å². The van der Waals surface area contributed by atoms with E-state index in [1.54, 1.807) is 37.6 Å². The molecule has 2 rings (SSSR count). The number of esters is 1. The van der Waals surface area contributed by atoms with Crippen LogP contribution in [-0.4, -0.2) is 95.8 Å². The molecule has 0 aromatic rings. The highest BCUT2D eigenvalue weighted by Gasteiger charge is 2.37. The van der Waals surface area contributed by atoms with E-state index in [2.05, 4.69) is 10.2 Å². The van der Waals surface area contributed by atoms with Crippen LogP contribution >= 0.6 is 0 Å². The number of hydrogen-bond acceptors (Lipinski definition) is 6. The predicted molar refractivity (Wildman–Crippen MR) is 148 cm³/mol. The van der Waals surface area contributed by atoms with Gasteiger partial charge in [-0.1, -0.05) is 40.2 Å². The molecule has 9 nitrogen and oxygen atoms in total. The maximum absolute atomic E-state index is 13.7. The van der Waals surface area contributed by atoms with Gasteiger partial charge >= 0.3 is 5.97 Å². The largest absolute Gasteiger partial charge is 0.461 e. The number of ether oxygens (including phenoxy) is 1. The van der Waals surface area contributed by atoms with E-state index in [1.165, 1.54) is 0 Å². The minimum absolute atomic E-state index is 0.0278. The third-order valence-corrected chi connectivity index (χ3v) is 7.68. The minimum atomic E-state index is -0.665. The molecule has 0 aromatic carbocycles. The van der Waals surface area contributed by atoms with Crippen LogP contribution in [0, 0.1) is 11.8 Å². The summed E-state index contributed by atoms with van der Waals surface area (Å²) in [6.45, 7) is 14.6. The number of likely N-dealkylation sites (tertiary alicyclic amines) is 2. The van der Waals surface area contributed by atoms with Crippen molar-refractivity contribution < 1.29 is 23.9 Å². The Kier molecular flexibility index (Phi) is 11.8. The smallest absolute Gasteiger partial charge is 0.329 e. The highest BCUT2D eigenvalue weighted by atomic mass is 16.5. The van der Waals surface area contributed by atoms with Crippen molar-refractivity contribution in [1.82, 2.24) is 20.0 Å². The molecular formula is C29H50N4O5. The van der Waals surface area contributed by atoms with Gasteiger partial charge in [0.15, 0.2) is 0 Å². The van der Waals surface area contributed by atoms with Crippen molar-refractivity contribution in [1.29, 1.82) is 0 Å². The lowest BCUT2D eigenvalue weighted by molar-refractivity contribution is -0.155. The fourth-order valence-corrected chi connectivity index (χ4v) is 5.41. The van der Waals surface area contributed by atoms with E-state index >= 15 is 0 Å². The summed E-state index contributed by atoms with van der Waals surface area (Å²) in [6, 6.07) is -1.82. The fourth-order valence-electron chi connectivity index (χ4n) is 5.41. The molecule has 0 aliphatic carbocycles. The Morgan fingerprint density at radius 1 is 0.921 bits per heavy atom. The van der Waals surface area contributed by atoms with Gasteiger partial charge in [-0.25, -0.2) is 4.79 Å². The number of piperidine rings is 1. The fraction of sp³-hybridized carbons (Fsp3) is 0.793. The molecule has 1 N–H and O–H groups in total. The van der Waals surface area contributed by atoms with E-state index in [0.29, 0.717) is 18.5 Å². The van der Waals surface area contributed by atoms with Gasteiger partial charge < -0.3 is 19.9 Å². The van der Waals surface area contributed by atoms with Crippen LogP contribution in [0.15, 0.2) is 11.6 Å². The highest BCUT2D eigenvalue weighted by Crippen LogP contribution is 2.23. The Labute approximate surface area is 229 Å². The summed E-state index contributed by atoms with van der Waals surface area (Å²) < 4.78 is 5.37. The maximum Gasteiger partial charge on any atom is 0.329 e. The van der Waals surface area contributed by atoms with Gasteiger partial charge in [0.1, 0.15) is 12.1 Å². The van der Waals surface area contributed by atoms with Crippen LogP contribution in [0.25, 0.3) is 0 Å². The summed E-state index contributed by atoms with van der Waals surface area (Å²) in [5.41, 5.74) is 0.488. The van der Waals surface area contributed by atoms with Gasteiger partial charge in [0.2, 0.25) is 17.7 Å². The number of hydrogen-bond donors (Lipinski definition) is 1. The summed E-state index contributed by atoms with van der Waals surface area (Å²) in [5, 5.41) is 3.03. The standard InChI is InChI=1S/C29H50N4O5/c1-18(2)24(17-21(7)27(35)33-16-12-14-23(33)29(37)38-20(5)6)32(9)28(36)25(19(3)4)30-26(34)22-13-10-11-15-31(22)8/h17-20,22-25H,10-16H2,1-9H3,(H,30,34)/b21-17+/t22?,23-,24+,25-/m0/s1. The minimum Gasteiger partial charge on any atom is -0.461 e. The lowest BCUT2D eigenvalue weighted by Crippen LogP contribution is -2.57. The van der Waals surface area contributed by atoms with Crippen molar-refractivity contribution in [3.63, 3.8) is 0 Å². The molecule has 3 amide bonds. The van der Waals surface area contributed by atoms with E-state index in [0.717, 1.165) is 32.2 Å². The third kappa shape index (κ3) is 8.04. The van der Waals surface area contributed by atoms with Gasteiger partial charge in [0.25, 0.3) is 0 Å². The van der Waals surface area contributed by atoms with Crippen molar-refractivity contribution in [3.05, 3.63) is 11.6 Å². The van der Waals surface area contributed by atoms with Crippen molar-refractivity contribution in [2.75, 3.05) is 27.2 Å². The van der Waals surface area contributed by atoms with Crippen LogP contribution < -0.4 is 5.32 Å². The van der Waals surface area contributed by atoms with Crippen LogP contribution in [0.3, 0.4) is 0 Å². The highest BCUT2D eigenvalue weighted by molar-refractivity contribution is 5.96. The molecule has 0 saturated carbocycles. The quantitative estimate of drug-likeness (QED) is 0.342.